The van der Waals surface area contributed by atoms with Gasteiger partial charge >= 0.3 is 0 Å². The van der Waals surface area contributed by atoms with Crippen molar-refractivity contribution in [3.05, 3.63) is 23.6 Å². The lowest BCUT2D eigenvalue weighted by Crippen LogP contribution is -2.15. The van der Waals surface area contributed by atoms with Crippen LogP contribution in [0.5, 0.6) is 0 Å². The largest absolute Gasteiger partial charge is 0.416 e. The first-order valence-corrected chi connectivity index (χ1v) is 15.0. The molecule has 12 nitrogen and oxygen atoms in total. The summed E-state index contributed by atoms with van der Waals surface area (Å²) in [6, 6.07) is 0. The molecule has 4 aromatic rings. The molecule has 16 heteroatoms. The monoisotopic (exact) mass is 540 g/mol. The third-order valence-corrected chi connectivity index (χ3v) is 7.88. The number of nitrogens with zero attached hydrogens (tertiary/aromatic N) is 8. The molecule has 4 aromatic heterocycles. The van der Waals surface area contributed by atoms with Gasteiger partial charge < -0.3 is 17.7 Å². The molecule has 1 aliphatic rings. The van der Waals surface area contributed by atoms with Gasteiger partial charge in [0, 0.05) is 0 Å². The van der Waals surface area contributed by atoms with Crippen molar-refractivity contribution < 1.29 is 17.7 Å². The van der Waals surface area contributed by atoms with Gasteiger partial charge in [0.2, 0.25) is 23.6 Å². The van der Waals surface area contributed by atoms with Crippen LogP contribution in [0.1, 0.15) is 54.2 Å². The van der Waals surface area contributed by atoms with Crippen LogP contribution in [0.25, 0.3) is 0 Å². The molecule has 0 radical (unpaired) electrons. The van der Waals surface area contributed by atoms with Gasteiger partial charge in [-0.15, -0.1) is 40.8 Å². The first-order valence-electron chi connectivity index (χ1n) is 10.1. The van der Waals surface area contributed by atoms with Gasteiger partial charge in [-0.2, -0.15) is 0 Å². The molecule has 0 amide bonds. The Morgan fingerprint density at radius 3 is 0.941 bits per heavy atom. The van der Waals surface area contributed by atoms with Gasteiger partial charge in [0.05, 0.1) is 23.7 Å². The Labute approximate surface area is 211 Å². The van der Waals surface area contributed by atoms with Crippen LogP contribution in [0.3, 0.4) is 0 Å². The second-order valence-electron chi connectivity index (χ2n) is 7.40. The van der Waals surface area contributed by atoms with E-state index in [9.17, 15) is 0 Å². The van der Waals surface area contributed by atoms with Crippen LogP contribution in [0, 0.1) is 5.92 Å². The van der Waals surface area contributed by atoms with Crippen LogP contribution in [-0.2, 0) is 0 Å². The van der Waals surface area contributed by atoms with E-state index in [-0.39, 0.29) is 17.8 Å². The topological polar surface area (TPSA) is 156 Å². The molecule has 1 aliphatic carbocycles. The Bertz CT molecular complexity index is 1160. The Morgan fingerprint density at radius 2 is 0.706 bits per heavy atom. The lowest BCUT2D eigenvalue weighted by Gasteiger charge is -2.18. The predicted molar refractivity (Wildman–Crippen MR) is 124 cm³/mol. The fourth-order valence-electron chi connectivity index (χ4n) is 4.45. The molecule has 4 heterocycles. The van der Waals surface area contributed by atoms with Crippen LogP contribution >= 0.6 is 47.0 Å². The summed E-state index contributed by atoms with van der Waals surface area (Å²) in [5.41, 5.74) is 0. The number of hydrogen-bond acceptors (Lipinski definition) is 16. The molecular weight excluding hydrogens is 521 g/mol. The SMILES string of the molecule is CSc1nnc(C2C(C)C(c3nnc(SC)o3)C(c3nnc(SC)o3)C2c2nnc(SC)o2)o1. The van der Waals surface area contributed by atoms with Crippen molar-refractivity contribution in [2.75, 3.05) is 25.0 Å². The van der Waals surface area contributed by atoms with E-state index in [0.29, 0.717) is 44.5 Å². The van der Waals surface area contributed by atoms with Gasteiger partial charge in [0.25, 0.3) is 20.9 Å². The molecule has 34 heavy (non-hydrogen) atoms. The number of thioether (sulfide) groups is 4. The first kappa shape index (κ1) is 23.7. The highest BCUT2D eigenvalue weighted by Crippen LogP contribution is 2.62. The fraction of sp³-hybridized carbons (Fsp3) is 0.556. The zero-order valence-corrected chi connectivity index (χ0v) is 22.0. The summed E-state index contributed by atoms with van der Waals surface area (Å²) >= 11 is 5.50. The second kappa shape index (κ2) is 9.91. The maximum absolute atomic E-state index is 6.03. The van der Waals surface area contributed by atoms with Crippen molar-refractivity contribution in [3.8, 4) is 0 Å². The highest BCUT2D eigenvalue weighted by Gasteiger charge is 2.58. The van der Waals surface area contributed by atoms with Crippen LogP contribution in [0.15, 0.2) is 38.6 Å². The lowest BCUT2D eigenvalue weighted by molar-refractivity contribution is 0.293. The van der Waals surface area contributed by atoms with Crippen molar-refractivity contribution in [1.82, 2.24) is 40.8 Å². The Kier molecular flexibility index (Phi) is 6.90. The Morgan fingerprint density at radius 1 is 0.441 bits per heavy atom. The summed E-state index contributed by atoms with van der Waals surface area (Å²) in [5.74, 6) is 0.277. The molecule has 4 atom stereocenters. The Balaban J connectivity index is 1.69. The highest BCUT2D eigenvalue weighted by atomic mass is 32.2. The lowest BCUT2D eigenvalue weighted by atomic mass is 9.86. The van der Waals surface area contributed by atoms with E-state index < -0.39 is 11.8 Å². The summed E-state index contributed by atoms with van der Waals surface area (Å²) in [6.07, 6.45) is 7.51. The molecule has 4 unspecified atom stereocenters. The van der Waals surface area contributed by atoms with Crippen molar-refractivity contribution in [2.24, 2.45) is 5.92 Å². The van der Waals surface area contributed by atoms with E-state index in [1.54, 1.807) is 0 Å². The summed E-state index contributed by atoms with van der Waals surface area (Å²) < 4.78 is 24.0. The predicted octanol–water partition coefficient (Wildman–Crippen LogP) is 4.19. The van der Waals surface area contributed by atoms with Crippen molar-refractivity contribution in [3.63, 3.8) is 0 Å². The molecule has 0 bridgehead atoms. The van der Waals surface area contributed by atoms with Crippen LogP contribution in [0.4, 0.5) is 0 Å². The number of aromatic nitrogens is 8. The van der Waals surface area contributed by atoms with Gasteiger partial charge in [-0.3, -0.25) is 0 Å². The van der Waals surface area contributed by atoms with E-state index in [1.165, 1.54) is 47.0 Å². The minimum Gasteiger partial charge on any atom is -0.416 e. The summed E-state index contributed by atoms with van der Waals surface area (Å²) in [4.78, 5) is 0. The molecule has 1 fully saturated rings. The normalized spacial score (nSPS) is 24.8. The average molecular weight is 541 g/mol. The molecular formula is C18H20N8O4S4. The van der Waals surface area contributed by atoms with Gasteiger partial charge in [0.15, 0.2) is 0 Å². The van der Waals surface area contributed by atoms with Gasteiger partial charge in [-0.25, -0.2) is 0 Å². The maximum Gasteiger partial charge on any atom is 0.276 e. The molecule has 5 rings (SSSR count). The molecule has 180 valence electrons. The van der Waals surface area contributed by atoms with E-state index in [1.807, 2.05) is 25.0 Å². The smallest absolute Gasteiger partial charge is 0.276 e. The van der Waals surface area contributed by atoms with Gasteiger partial charge in [-0.1, -0.05) is 54.0 Å². The summed E-state index contributed by atoms with van der Waals surface area (Å²) in [6.45, 7) is 2.08. The number of hydrogen-bond donors (Lipinski definition) is 0. The van der Waals surface area contributed by atoms with E-state index in [0.717, 1.165) is 0 Å². The van der Waals surface area contributed by atoms with Crippen LogP contribution in [-0.4, -0.2) is 65.8 Å². The summed E-state index contributed by atoms with van der Waals surface area (Å²) in [7, 11) is 0. The average Bonchev–Trinajstić information content (AvgIpc) is 3.67. The van der Waals surface area contributed by atoms with Crippen molar-refractivity contribution in [2.45, 2.75) is 51.5 Å². The van der Waals surface area contributed by atoms with E-state index in [4.69, 9.17) is 17.7 Å². The van der Waals surface area contributed by atoms with Crippen molar-refractivity contribution >= 4 is 47.0 Å². The minimum atomic E-state index is -0.400. The molecule has 0 N–H and O–H groups in total. The molecule has 0 spiro atoms. The standard InChI is InChI=1S/C18H20N8O4S4/c1-6-7(11-19-23-15(27-11)31-2)9(13-21-25-17(29-13)33-4)10(14-22-26-18(30-14)34-5)8(6)12-20-24-16(28-12)32-3/h6-10H,1-5H3. The third-order valence-electron chi connectivity index (χ3n) is 5.82. The second-order valence-corrected chi connectivity index (χ2v) is 10.4. The highest BCUT2D eigenvalue weighted by molar-refractivity contribution is 7.99. The zero-order chi connectivity index (χ0) is 23.8. The Hall–Kier alpha value is -2.04. The van der Waals surface area contributed by atoms with E-state index in [2.05, 4.69) is 47.7 Å². The van der Waals surface area contributed by atoms with Crippen LogP contribution in [0.2, 0.25) is 0 Å². The molecule has 0 saturated heterocycles. The van der Waals surface area contributed by atoms with E-state index >= 15 is 0 Å². The molecule has 0 aromatic carbocycles. The third kappa shape index (κ3) is 4.13. The van der Waals surface area contributed by atoms with Gasteiger partial charge in [-0.05, 0) is 30.9 Å². The zero-order valence-electron chi connectivity index (χ0n) is 18.7. The minimum absolute atomic E-state index is 0.102. The molecule has 1 saturated carbocycles. The van der Waals surface area contributed by atoms with Crippen LogP contribution < -0.4 is 0 Å². The van der Waals surface area contributed by atoms with Crippen molar-refractivity contribution in [1.29, 1.82) is 0 Å². The maximum atomic E-state index is 6.03. The molecule has 0 aliphatic heterocycles. The quantitative estimate of drug-likeness (QED) is 0.293. The number of rotatable bonds is 8. The van der Waals surface area contributed by atoms with Gasteiger partial charge in [0.1, 0.15) is 0 Å². The first-order chi connectivity index (χ1) is 16.6. The summed E-state index contributed by atoms with van der Waals surface area (Å²) in [5, 5.41) is 35.9. The fourth-order valence-corrected chi connectivity index (χ4v) is 5.61.